The van der Waals surface area contributed by atoms with Gasteiger partial charge in [0, 0.05) is 28.7 Å². The molecule has 0 unspecified atom stereocenters. The number of carbonyl (C=O) groups is 1. The number of hydrogen-bond acceptors (Lipinski definition) is 6. The first-order valence-electron chi connectivity index (χ1n) is 11.4. The molecule has 2 heterocycles. The molecule has 7 nitrogen and oxygen atoms in total. The lowest BCUT2D eigenvalue weighted by atomic mass is 10.1. The van der Waals surface area contributed by atoms with E-state index in [-0.39, 0.29) is 23.0 Å². The molecule has 5 rings (SSSR count). The molecule has 11 heteroatoms. The van der Waals surface area contributed by atoms with E-state index < -0.39 is 15.8 Å². The largest absolute Gasteiger partial charge is 0.280 e. The van der Waals surface area contributed by atoms with Crippen molar-refractivity contribution in [2.24, 2.45) is 0 Å². The lowest BCUT2D eigenvalue weighted by Crippen LogP contribution is -2.30. The molecule has 0 bridgehead atoms. The van der Waals surface area contributed by atoms with Gasteiger partial charge in [0.05, 0.1) is 21.7 Å². The molecule has 1 N–H and O–H groups in total. The number of pyridine rings is 1. The molecule has 0 spiro atoms. The minimum Gasteiger partial charge on any atom is -0.280 e. The summed E-state index contributed by atoms with van der Waals surface area (Å²) in [7, 11) is -3.92. The van der Waals surface area contributed by atoms with Gasteiger partial charge in [0.2, 0.25) is 0 Å². The Bertz CT molecular complexity index is 1730. The van der Waals surface area contributed by atoms with E-state index in [0.29, 0.717) is 15.7 Å². The van der Waals surface area contributed by atoms with Crippen LogP contribution in [-0.4, -0.2) is 24.3 Å². The van der Waals surface area contributed by atoms with Gasteiger partial charge in [-0.15, -0.1) is 0 Å². The summed E-state index contributed by atoms with van der Waals surface area (Å²) in [6.45, 7) is 2.15. The summed E-state index contributed by atoms with van der Waals surface area (Å²) in [6.07, 6.45) is 3.34. The second-order valence-corrected chi connectivity index (χ2v) is 11.6. The van der Waals surface area contributed by atoms with Crippen molar-refractivity contribution in [3.63, 3.8) is 0 Å². The van der Waals surface area contributed by atoms with Gasteiger partial charge < -0.3 is 0 Å². The number of anilines is 2. The molecule has 1 amide bonds. The number of nitrogens with one attached hydrogen (secondary N) is 1. The SMILES string of the molecule is Cc1cc(Cl)cc2sc(N(Cc3cccnc3)C(=O)c3ccc(NS(=O)(=O)c4ccc(F)cc4)cc3)nc12. The number of nitrogens with zero attached hydrogens (tertiary/aromatic N) is 3. The van der Waals surface area contributed by atoms with E-state index in [1.165, 1.54) is 47.7 Å². The number of fused-ring (bicyclic) bond motifs is 1. The topological polar surface area (TPSA) is 92.3 Å². The molecule has 0 radical (unpaired) electrons. The molecule has 0 saturated carbocycles. The second kappa shape index (κ2) is 10.5. The fourth-order valence-electron chi connectivity index (χ4n) is 3.82. The predicted octanol–water partition coefficient (Wildman–Crippen LogP) is 6.44. The number of sulfonamides is 1. The van der Waals surface area contributed by atoms with Gasteiger partial charge >= 0.3 is 0 Å². The highest BCUT2D eigenvalue weighted by molar-refractivity contribution is 7.92. The zero-order valence-electron chi connectivity index (χ0n) is 19.9. The van der Waals surface area contributed by atoms with Crippen LogP contribution < -0.4 is 9.62 Å². The summed E-state index contributed by atoms with van der Waals surface area (Å²) in [5.41, 5.74) is 3.09. The van der Waals surface area contributed by atoms with Crippen molar-refractivity contribution >= 4 is 59.9 Å². The van der Waals surface area contributed by atoms with Crippen molar-refractivity contribution in [3.8, 4) is 0 Å². The molecule has 5 aromatic rings. The van der Waals surface area contributed by atoms with E-state index in [4.69, 9.17) is 16.6 Å². The Labute approximate surface area is 227 Å². The third-order valence-corrected chi connectivity index (χ3v) is 8.33. The van der Waals surface area contributed by atoms with Crippen LogP contribution in [0.25, 0.3) is 10.2 Å². The van der Waals surface area contributed by atoms with Crippen LogP contribution in [0.1, 0.15) is 21.5 Å². The Kier molecular flexibility index (Phi) is 7.11. The zero-order chi connectivity index (χ0) is 26.9. The van der Waals surface area contributed by atoms with E-state index >= 15 is 0 Å². The van der Waals surface area contributed by atoms with Crippen LogP contribution in [0.2, 0.25) is 5.02 Å². The maximum atomic E-state index is 13.7. The van der Waals surface area contributed by atoms with Gasteiger partial charge in [-0.25, -0.2) is 17.8 Å². The lowest BCUT2D eigenvalue weighted by molar-refractivity contribution is 0.0985. The first-order valence-corrected chi connectivity index (χ1v) is 14.0. The molecule has 2 aromatic heterocycles. The summed E-state index contributed by atoms with van der Waals surface area (Å²) < 4.78 is 41.8. The standard InChI is InChI=1S/C27H20ClFN4O3S2/c1-17-13-20(28)14-24-25(17)31-27(37-24)33(16-18-3-2-12-30-15-18)26(34)19-4-8-22(9-5-19)32-38(35,36)23-10-6-21(29)7-11-23/h2-15,32H,16H2,1H3. The lowest BCUT2D eigenvalue weighted by Gasteiger charge is -2.20. The number of carbonyl (C=O) groups excluding carboxylic acids is 1. The molecule has 0 saturated heterocycles. The minimum atomic E-state index is -3.92. The molecular weight excluding hydrogens is 547 g/mol. The van der Waals surface area contributed by atoms with Gasteiger partial charge in [-0.3, -0.25) is 19.4 Å². The first kappa shape index (κ1) is 25.8. The van der Waals surface area contributed by atoms with Crippen molar-refractivity contribution in [2.75, 3.05) is 9.62 Å². The van der Waals surface area contributed by atoms with Gasteiger partial charge in [0.15, 0.2) is 5.13 Å². The summed E-state index contributed by atoms with van der Waals surface area (Å²) in [6, 6.07) is 17.9. The number of thiazole rings is 1. The normalized spacial score (nSPS) is 11.4. The summed E-state index contributed by atoms with van der Waals surface area (Å²) in [5, 5.41) is 1.09. The van der Waals surface area contributed by atoms with Gasteiger partial charge in [-0.05, 0) is 84.8 Å². The Morgan fingerprint density at radius 1 is 1.08 bits per heavy atom. The van der Waals surface area contributed by atoms with Crippen LogP contribution in [0.3, 0.4) is 0 Å². The number of amides is 1. The van der Waals surface area contributed by atoms with E-state index in [1.807, 2.05) is 25.1 Å². The number of benzene rings is 3. The average Bonchev–Trinajstić information content (AvgIpc) is 3.32. The van der Waals surface area contributed by atoms with Crippen LogP contribution in [0.15, 0.2) is 90.1 Å². The van der Waals surface area contributed by atoms with E-state index in [9.17, 15) is 17.6 Å². The highest BCUT2D eigenvalue weighted by atomic mass is 35.5. The Morgan fingerprint density at radius 2 is 1.82 bits per heavy atom. The predicted molar refractivity (Wildman–Crippen MR) is 148 cm³/mol. The Morgan fingerprint density at radius 3 is 2.50 bits per heavy atom. The van der Waals surface area contributed by atoms with Crippen LogP contribution in [-0.2, 0) is 16.6 Å². The average molecular weight is 567 g/mol. The van der Waals surface area contributed by atoms with Gasteiger partial charge in [-0.1, -0.05) is 29.0 Å². The van der Waals surface area contributed by atoms with Gasteiger partial charge in [0.1, 0.15) is 5.82 Å². The highest BCUT2D eigenvalue weighted by Gasteiger charge is 2.23. The summed E-state index contributed by atoms with van der Waals surface area (Å²) in [5.74, 6) is -0.848. The van der Waals surface area contributed by atoms with E-state index in [1.54, 1.807) is 23.4 Å². The number of rotatable bonds is 7. The van der Waals surface area contributed by atoms with Crippen molar-refractivity contribution in [1.29, 1.82) is 0 Å². The molecule has 0 atom stereocenters. The number of aryl methyl sites for hydroxylation is 1. The van der Waals surface area contributed by atoms with Crippen molar-refractivity contribution in [1.82, 2.24) is 9.97 Å². The molecule has 0 aliphatic rings. The zero-order valence-corrected chi connectivity index (χ0v) is 22.3. The minimum absolute atomic E-state index is 0.0760. The van der Waals surface area contributed by atoms with Crippen molar-refractivity contribution < 1.29 is 17.6 Å². The molecule has 38 heavy (non-hydrogen) atoms. The Hall–Kier alpha value is -3.86. The molecule has 0 aliphatic carbocycles. The molecular formula is C27H20ClFN4O3S2. The smallest absolute Gasteiger partial charge is 0.261 e. The summed E-state index contributed by atoms with van der Waals surface area (Å²) >= 11 is 7.59. The van der Waals surface area contributed by atoms with E-state index in [0.717, 1.165) is 33.5 Å². The van der Waals surface area contributed by atoms with Crippen molar-refractivity contribution in [2.45, 2.75) is 18.4 Å². The molecule has 192 valence electrons. The van der Waals surface area contributed by atoms with Gasteiger partial charge in [0.25, 0.3) is 15.9 Å². The quantitative estimate of drug-likeness (QED) is 0.245. The maximum Gasteiger partial charge on any atom is 0.261 e. The third-order valence-electron chi connectivity index (χ3n) is 5.69. The number of aromatic nitrogens is 2. The number of halogens is 2. The first-order chi connectivity index (χ1) is 18.2. The second-order valence-electron chi connectivity index (χ2n) is 8.46. The number of hydrogen-bond donors (Lipinski definition) is 1. The van der Waals surface area contributed by atoms with Gasteiger partial charge in [-0.2, -0.15) is 0 Å². The third kappa shape index (κ3) is 5.52. The van der Waals surface area contributed by atoms with Crippen LogP contribution in [0, 0.1) is 12.7 Å². The van der Waals surface area contributed by atoms with Crippen molar-refractivity contribution in [3.05, 3.63) is 113 Å². The molecule has 0 fully saturated rings. The Balaban J connectivity index is 1.44. The van der Waals surface area contributed by atoms with Crippen LogP contribution in [0.5, 0.6) is 0 Å². The molecule has 0 aliphatic heterocycles. The van der Waals surface area contributed by atoms with Crippen LogP contribution >= 0.6 is 22.9 Å². The fraction of sp³-hybridized carbons (Fsp3) is 0.0741. The highest BCUT2D eigenvalue weighted by Crippen LogP contribution is 2.34. The monoisotopic (exact) mass is 566 g/mol. The summed E-state index contributed by atoms with van der Waals surface area (Å²) in [4.78, 5) is 24.1. The fourth-order valence-corrected chi connectivity index (χ4v) is 6.30. The maximum absolute atomic E-state index is 13.7. The van der Waals surface area contributed by atoms with E-state index in [2.05, 4.69) is 9.71 Å². The van der Waals surface area contributed by atoms with Crippen LogP contribution in [0.4, 0.5) is 15.2 Å². The molecule has 3 aromatic carbocycles.